The zero-order chi connectivity index (χ0) is 16.8. The maximum Gasteiger partial charge on any atom is 0.315 e. The van der Waals surface area contributed by atoms with Crippen molar-refractivity contribution in [2.24, 2.45) is 5.92 Å². The summed E-state index contributed by atoms with van der Waals surface area (Å²) < 4.78 is 1.59. The lowest BCUT2D eigenvalue weighted by Gasteiger charge is -2.42. The molecule has 3 unspecified atom stereocenters. The summed E-state index contributed by atoms with van der Waals surface area (Å²) in [5.74, 6) is 0.302. The summed E-state index contributed by atoms with van der Waals surface area (Å²) >= 11 is 1.43. The van der Waals surface area contributed by atoms with Gasteiger partial charge in [-0.3, -0.25) is 9.59 Å². The number of quaternary nitrogens is 1. The third-order valence-corrected chi connectivity index (χ3v) is 5.71. The summed E-state index contributed by atoms with van der Waals surface area (Å²) in [6, 6.07) is 6.81. The van der Waals surface area contributed by atoms with E-state index in [-0.39, 0.29) is 23.4 Å². The van der Waals surface area contributed by atoms with E-state index >= 15 is 0 Å². The number of likely N-dealkylation sites (tertiary alicyclic amines) is 1. The number of nitrogens with one attached hydrogen (secondary N) is 1. The second-order valence-electron chi connectivity index (χ2n) is 6.38. The van der Waals surface area contributed by atoms with E-state index in [9.17, 15) is 14.8 Å². The highest BCUT2D eigenvalue weighted by Crippen LogP contribution is 2.36. The van der Waals surface area contributed by atoms with Crippen molar-refractivity contribution in [3.63, 3.8) is 0 Å². The van der Waals surface area contributed by atoms with Crippen LogP contribution >= 0.6 is 11.3 Å². The number of pyridine rings is 1. The number of hydrogen-bond acceptors (Lipinski definition) is 5. The van der Waals surface area contributed by atoms with Crippen LogP contribution in [0.15, 0.2) is 34.4 Å². The average molecular weight is 347 g/mol. The van der Waals surface area contributed by atoms with Gasteiger partial charge in [0.25, 0.3) is 5.91 Å². The molecule has 0 aliphatic carbocycles. The summed E-state index contributed by atoms with van der Waals surface area (Å²) in [7, 11) is 0. The predicted octanol–water partition coefficient (Wildman–Crippen LogP) is 0.573. The predicted molar refractivity (Wildman–Crippen MR) is 87.5 cm³/mol. The molecule has 0 saturated carbocycles. The Morgan fingerprint density at radius 2 is 2.12 bits per heavy atom. The molecule has 2 aromatic heterocycles. The number of hydrogen-bond donors (Lipinski definition) is 2. The van der Waals surface area contributed by atoms with E-state index in [0.29, 0.717) is 19.6 Å². The lowest BCUT2D eigenvalue weighted by Crippen LogP contribution is -3.00. The minimum absolute atomic E-state index is 0.0395. The van der Waals surface area contributed by atoms with E-state index in [1.807, 2.05) is 22.4 Å². The Labute approximate surface area is 141 Å². The third-order valence-electron chi connectivity index (χ3n) is 4.85. The maximum atomic E-state index is 12.6. The summed E-state index contributed by atoms with van der Waals surface area (Å²) in [5, 5.41) is 21.0. The van der Waals surface area contributed by atoms with Crippen LogP contribution < -0.4 is 10.8 Å². The Hall–Kier alpha value is -2.00. The molecular formula is C16H17N3O4S. The average Bonchev–Trinajstić information content (AvgIpc) is 3.09. The number of piperidine rings is 1. The van der Waals surface area contributed by atoms with Gasteiger partial charge < -0.3 is 14.7 Å². The van der Waals surface area contributed by atoms with Crippen molar-refractivity contribution in [3.8, 4) is 0 Å². The molecule has 2 aliphatic heterocycles. The van der Waals surface area contributed by atoms with Crippen molar-refractivity contribution in [1.82, 2.24) is 9.47 Å². The van der Waals surface area contributed by atoms with Crippen LogP contribution in [-0.2, 0) is 6.54 Å². The van der Waals surface area contributed by atoms with Crippen LogP contribution in [0.25, 0.3) is 0 Å². The van der Waals surface area contributed by atoms with E-state index in [0.717, 1.165) is 17.0 Å². The van der Waals surface area contributed by atoms with Gasteiger partial charge in [0, 0.05) is 37.3 Å². The van der Waals surface area contributed by atoms with Crippen LogP contribution in [0.4, 0.5) is 5.69 Å². The van der Waals surface area contributed by atoms with Gasteiger partial charge in [0.1, 0.15) is 0 Å². The summed E-state index contributed by atoms with van der Waals surface area (Å²) in [6.45, 7) is 1.65. The van der Waals surface area contributed by atoms with Gasteiger partial charge in [0.05, 0.1) is 4.88 Å². The number of aromatic nitrogens is 1. The zero-order valence-electron chi connectivity index (χ0n) is 12.8. The minimum Gasteiger partial charge on any atom is -0.595 e. The first-order valence-corrected chi connectivity index (χ1v) is 8.72. The molecule has 1 fully saturated rings. The van der Waals surface area contributed by atoms with Crippen molar-refractivity contribution >= 4 is 22.9 Å². The van der Waals surface area contributed by atoms with Crippen molar-refractivity contribution < 1.29 is 15.2 Å². The second kappa shape index (κ2) is 5.82. The molecule has 4 heterocycles. The molecule has 4 rings (SSSR count). The smallest absolute Gasteiger partial charge is 0.315 e. The Kier molecular flexibility index (Phi) is 3.76. The Morgan fingerprint density at radius 3 is 2.83 bits per heavy atom. The van der Waals surface area contributed by atoms with Crippen LogP contribution in [-0.4, -0.2) is 33.7 Å². The topological polar surface area (TPSA) is 90.0 Å². The van der Waals surface area contributed by atoms with Crippen LogP contribution in [0.3, 0.4) is 0 Å². The lowest BCUT2D eigenvalue weighted by molar-refractivity contribution is -0.992. The van der Waals surface area contributed by atoms with Gasteiger partial charge in [-0.25, -0.2) is 5.21 Å². The van der Waals surface area contributed by atoms with Gasteiger partial charge >= 0.3 is 5.56 Å². The molecule has 2 aromatic rings. The number of carbonyl (C=O) groups excluding carboxylic acids is 1. The van der Waals surface area contributed by atoms with Crippen molar-refractivity contribution in [2.75, 3.05) is 13.1 Å². The highest BCUT2D eigenvalue weighted by atomic mass is 32.1. The highest BCUT2D eigenvalue weighted by Gasteiger charge is 2.37. The van der Waals surface area contributed by atoms with Crippen molar-refractivity contribution in [3.05, 3.63) is 55.8 Å². The number of rotatable bonds is 2. The van der Waals surface area contributed by atoms with Gasteiger partial charge in [-0.15, -0.1) is 11.3 Å². The maximum absolute atomic E-state index is 12.6. The van der Waals surface area contributed by atoms with Gasteiger partial charge in [0.2, 0.25) is 5.69 Å². The molecule has 126 valence electrons. The normalized spacial score (nSPS) is 23.7. The van der Waals surface area contributed by atoms with Crippen LogP contribution in [0, 0.1) is 11.1 Å². The molecule has 2 aliphatic rings. The zero-order valence-corrected chi connectivity index (χ0v) is 13.7. The Morgan fingerprint density at radius 1 is 1.29 bits per heavy atom. The SMILES string of the molecule is O=C(c1cccs1)N1CC2CC(C1)c1ccc([NH+]([O-])O)c(=O)n1C2. The van der Waals surface area contributed by atoms with Crippen LogP contribution in [0.1, 0.15) is 27.7 Å². The number of fused-ring (bicyclic) bond motifs is 4. The quantitative estimate of drug-likeness (QED) is 0.778. The van der Waals surface area contributed by atoms with E-state index in [4.69, 9.17) is 5.21 Å². The number of amides is 1. The van der Waals surface area contributed by atoms with E-state index in [1.165, 1.54) is 17.4 Å². The van der Waals surface area contributed by atoms with Crippen molar-refractivity contribution in [2.45, 2.75) is 18.9 Å². The number of thiophene rings is 1. The Balaban J connectivity index is 1.66. The van der Waals surface area contributed by atoms with E-state index in [2.05, 4.69) is 0 Å². The van der Waals surface area contributed by atoms with Gasteiger partial charge in [-0.05, 0) is 29.9 Å². The molecule has 0 spiro atoms. The van der Waals surface area contributed by atoms with Gasteiger partial charge in [0.15, 0.2) is 0 Å². The fourth-order valence-electron chi connectivity index (χ4n) is 3.83. The number of carbonyl (C=O) groups is 1. The van der Waals surface area contributed by atoms with E-state index < -0.39 is 10.8 Å². The fourth-order valence-corrected chi connectivity index (χ4v) is 4.52. The minimum atomic E-state index is -1.19. The first kappa shape index (κ1) is 15.5. The first-order chi connectivity index (χ1) is 11.5. The largest absolute Gasteiger partial charge is 0.595 e. The molecule has 8 heteroatoms. The standard InChI is InChI=1S/C16H17N3O4S/c20-15-13(19(22)23)4-3-12-11-6-10(8-18(12)15)7-17(9-11)16(21)14-2-1-5-24-14/h1-5,10-11,19,22H,6-9H2. The summed E-state index contributed by atoms with van der Waals surface area (Å²) in [6.07, 6.45) is 0.931. The van der Waals surface area contributed by atoms with Crippen molar-refractivity contribution in [1.29, 1.82) is 0 Å². The molecule has 2 bridgehead atoms. The molecule has 1 saturated heterocycles. The molecule has 2 N–H and O–H groups in total. The Bertz CT molecular complexity index is 830. The molecule has 24 heavy (non-hydrogen) atoms. The first-order valence-electron chi connectivity index (χ1n) is 7.84. The summed E-state index contributed by atoms with van der Waals surface area (Å²) in [4.78, 5) is 27.6. The molecule has 0 aromatic carbocycles. The van der Waals surface area contributed by atoms with Gasteiger partial charge in [-0.1, -0.05) is 6.07 Å². The number of nitrogens with zero attached hydrogens (tertiary/aromatic N) is 2. The fraction of sp³-hybridized carbons (Fsp3) is 0.375. The van der Waals surface area contributed by atoms with Crippen LogP contribution in [0.5, 0.6) is 0 Å². The van der Waals surface area contributed by atoms with Crippen LogP contribution in [0.2, 0.25) is 0 Å². The third kappa shape index (κ3) is 2.48. The van der Waals surface area contributed by atoms with Gasteiger partial charge in [-0.2, -0.15) is 5.23 Å². The molecule has 7 nitrogen and oxygen atoms in total. The second-order valence-corrected chi connectivity index (χ2v) is 7.33. The summed E-state index contributed by atoms with van der Waals surface area (Å²) in [5.41, 5.74) is 0.211. The molecular weight excluding hydrogens is 330 g/mol. The monoisotopic (exact) mass is 347 g/mol. The lowest BCUT2D eigenvalue weighted by atomic mass is 9.83. The molecule has 3 atom stereocenters. The highest BCUT2D eigenvalue weighted by molar-refractivity contribution is 7.12. The van der Waals surface area contributed by atoms with E-state index in [1.54, 1.807) is 10.6 Å². The molecule has 0 radical (unpaired) electrons. The molecule has 1 amide bonds.